The van der Waals surface area contributed by atoms with Gasteiger partial charge in [0.05, 0.1) is 12.1 Å². The third-order valence-corrected chi connectivity index (χ3v) is 2.58. The first kappa shape index (κ1) is 17.2. The minimum Gasteiger partial charge on any atom is -0.435 e. The van der Waals surface area contributed by atoms with Gasteiger partial charge in [-0.15, -0.1) is 0 Å². The number of hydrogen-bond acceptors (Lipinski definition) is 3. The second kappa shape index (κ2) is 7.21. The van der Waals surface area contributed by atoms with E-state index in [1.54, 1.807) is 20.8 Å². The molecule has 0 spiro atoms. The lowest BCUT2D eigenvalue weighted by Crippen LogP contribution is -2.44. The van der Waals surface area contributed by atoms with E-state index >= 15 is 0 Å². The molecule has 0 aromatic heterocycles. The Kier molecular flexibility index (Phi) is 5.90. The number of ether oxygens (including phenoxy) is 1. The summed E-state index contributed by atoms with van der Waals surface area (Å²) in [5.74, 6) is 0.0202. The third-order valence-electron chi connectivity index (χ3n) is 2.58. The Labute approximate surface area is 122 Å². The molecule has 1 rings (SSSR count). The molecule has 0 atom stereocenters. The molecule has 2 N–H and O–H groups in total. The summed E-state index contributed by atoms with van der Waals surface area (Å²) in [6.45, 7) is 2.75. The molecule has 0 saturated heterocycles. The van der Waals surface area contributed by atoms with Gasteiger partial charge in [0.1, 0.15) is 5.75 Å². The van der Waals surface area contributed by atoms with E-state index in [0.717, 1.165) is 0 Å². The van der Waals surface area contributed by atoms with Crippen LogP contribution in [0.3, 0.4) is 0 Å². The van der Waals surface area contributed by atoms with Gasteiger partial charge in [-0.25, -0.2) is 4.79 Å². The molecule has 21 heavy (non-hydrogen) atoms. The number of nitrogens with one attached hydrogen (secondary N) is 1. The first-order valence-corrected chi connectivity index (χ1v) is 6.54. The Hall–Kier alpha value is -1.89. The van der Waals surface area contributed by atoms with Gasteiger partial charge in [0.2, 0.25) is 0 Å². The number of amides is 2. The first-order chi connectivity index (χ1) is 9.71. The number of anilines is 1. The Morgan fingerprint density at radius 2 is 1.95 bits per heavy atom. The number of likely N-dealkylation sites (N-methyl/N-ethyl adjacent to an activating group) is 1. The summed E-state index contributed by atoms with van der Waals surface area (Å²) in [7, 11) is 0. The minimum atomic E-state index is -2.88. The molecule has 0 radical (unpaired) electrons. The Morgan fingerprint density at radius 3 is 2.38 bits per heavy atom. The molecule has 1 aromatic rings. The number of alkyl halides is 2. The highest BCUT2D eigenvalue weighted by molar-refractivity contribution is 5.89. The van der Waals surface area contributed by atoms with Crippen molar-refractivity contribution in [2.75, 3.05) is 18.4 Å². The van der Waals surface area contributed by atoms with Crippen molar-refractivity contribution in [3.8, 4) is 5.75 Å². The number of carbonyl (C=O) groups is 1. The maximum atomic E-state index is 12.0. The minimum absolute atomic E-state index is 0.0202. The van der Waals surface area contributed by atoms with E-state index in [4.69, 9.17) is 0 Å². The van der Waals surface area contributed by atoms with Crippen molar-refractivity contribution in [1.29, 1.82) is 0 Å². The number of carbonyl (C=O) groups excluding carboxylic acids is 1. The van der Waals surface area contributed by atoms with E-state index in [9.17, 15) is 18.7 Å². The fourth-order valence-electron chi connectivity index (χ4n) is 1.72. The van der Waals surface area contributed by atoms with Crippen LogP contribution < -0.4 is 10.1 Å². The molecular formula is C14H20F2N2O3. The number of hydrogen-bond donors (Lipinski definition) is 2. The van der Waals surface area contributed by atoms with Crippen molar-refractivity contribution in [1.82, 2.24) is 4.90 Å². The summed E-state index contributed by atoms with van der Waals surface area (Å²) in [6, 6.07) is 5.24. The van der Waals surface area contributed by atoms with Crippen LogP contribution in [-0.4, -0.2) is 41.3 Å². The molecule has 118 valence electrons. The molecule has 5 nitrogen and oxygen atoms in total. The summed E-state index contributed by atoms with van der Waals surface area (Å²) >= 11 is 0. The predicted molar refractivity (Wildman–Crippen MR) is 75.6 cm³/mol. The van der Waals surface area contributed by atoms with Crippen LogP contribution in [0.5, 0.6) is 5.75 Å². The highest BCUT2D eigenvalue weighted by Gasteiger charge is 2.21. The number of aliphatic hydroxyl groups is 1. The van der Waals surface area contributed by atoms with Gasteiger partial charge >= 0.3 is 12.6 Å². The van der Waals surface area contributed by atoms with Crippen LogP contribution in [0, 0.1) is 0 Å². The van der Waals surface area contributed by atoms with Crippen molar-refractivity contribution in [2.45, 2.75) is 33.0 Å². The quantitative estimate of drug-likeness (QED) is 0.849. The van der Waals surface area contributed by atoms with Crippen LogP contribution >= 0.6 is 0 Å². The van der Waals surface area contributed by atoms with Gasteiger partial charge in [0.25, 0.3) is 0 Å². The summed E-state index contributed by atoms with van der Waals surface area (Å²) in [5, 5.41) is 12.4. The van der Waals surface area contributed by atoms with Crippen LogP contribution in [0.4, 0.5) is 19.3 Å². The normalized spacial score (nSPS) is 11.4. The number of halogens is 2. The Morgan fingerprint density at radius 1 is 1.38 bits per heavy atom. The van der Waals surface area contributed by atoms with Gasteiger partial charge in [0.15, 0.2) is 0 Å². The third kappa shape index (κ3) is 6.40. The van der Waals surface area contributed by atoms with Gasteiger partial charge in [-0.1, -0.05) is 0 Å². The fourth-order valence-corrected chi connectivity index (χ4v) is 1.72. The van der Waals surface area contributed by atoms with Crippen molar-refractivity contribution < 1.29 is 23.4 Å². The lowest BCUT2D eigenvalue weighted by atomic mass is 10.1. The molecule has 0 heterocycles. The summed E-state index contributed by atoms with van der Waals surface area (Å²) in [5.41, 5.74) is -0.543. The van der Waals surface area contributed by atoms with Crippen molar-refractivity contribution in [3.63, 3.8) is 0 Å². The van der Waals surface area contributed by atoms with Crippen molar-refractivity contribution >= 4 is 11.7 Å². The molecule has 2 amide bonds. The monoisotopic (exact) mass is 302 g/mol. The zero-order valence-corrected chi connectivity index (χ0v) is 12.3. The highest BCUT2D eigenvalue weighted by atomic mass is 19.3. The average molecular weight is 302 g/mol. The van der Waals surface area contributed by atoms with Crippen LogP contribution in [0.1, 0.15) is 20.8 Å². The molecule has 7 heteroatoms. The first-order valence-electron chi connectivity index (χ1n) is 6.54. The molecule has 0 unspecified atom stereocenters. The number of benzene rings is 1. The maximum Gasteiger partial charge on any atom is 0.387 e. The summed E-state index contributed by atoms with van der Waals surface area (Å²) in [4.78, 5) is 13.5. The second-order valence-corrected chi connectivity index (χ2v) is 5.16. The molecule has 0 aliphatic rings. The van der Waals surface area contributed by atoms with Crippen LogP contribution in [-0.2, 0) is 0 Å². The van der Waals surface area contributed by atoms with Crippen LogP contribution in [0.25, 0.3) is 0 Å². The van der Waals surface area contributed by atoms with Gasteiger partial charge < -0.3 is 20.1 Å². The van der Waals surface area contributed by atoms with Crippen LogP contribution in [0.2, 0.25) is 0 Å². The van der Waals surface area contributed by atoms with Gasteiger partial charge in [-0.05, 0) is 45.0 Å². The molecule has 1 aromatic carbocycles. The highest BCUT2D eigenvalue weighted by Crippen LogP contribution is 2.18. The van der Waals surface area contributed by atoms with Gasteiger partial charge in [-0.2, -0.15) is 8.78 Å². The predicted octanol–water partition coefficient (Wildman–Crippen LogP) is 2.91. The topological polar surface area (TPSA) is 61.8 Å². The lowest BCUT2D eigenvalue weighted by Gasteiger charge is -2.28. The van der Waals surface area contributed by atoms with Crippen molar-refractivity contribution in [3.05, 3.63) is 24.3 Å². The summed E-state index contributed by atoms with van der Waals surface area (Å²) in [6.07, 6.45) is 0. The van der Waals surface area contributed by atoms with Crippen LogP contribution in [0.15, 0.2) is 24.3 Å². The number of nitrogens with zero attached hydrogens (tertiary/aromatic N) is 1. The summed E-state index contributed by atoms with van der Waals surface area (Å²) < 4.78 is 28.3. The Bertz CT molecular complexity index is 458. The largest absolute Gasteiger partial charge is 0.435 e. The maximum absolute atomic E-state index is 12.0. The van der Waals surface area contributed by atoms with Gasteiger partial charge in [-0.3, -0.25) is 0 Å². The number of rotatable bonds is 6. The fraction of sp³-hybridized carbons (Fsp3) is 0.500. The number of urea groups is 1. The van der Waals surface area contributed by atoms with E-state index < -0.39 is 12.2 Å². The van der Waals surface area contributed by atoms with E-state index in [1.807, 2.05) is 0 Å². The lowest BCUT2D eigenvalue weighted by molar-refractivity contribution is -0.0498. The standard InChI is InChI=1S/C14H20F2N2O3/c1-4-18(9-14(2,3)20)13(19)17-10-5-7-11(8-6-10)21-12(15)16/h5-8,12,20H,4,9H2,1-3H3,(H,17,19). The molecule has 0 bridgehead atoms. The smallest absolute Gasteiger partial charge is 0.387 e. The molecule has 0 fully saturated rings. The van der Waals surface area contributed by atoms with E-state index in [1.165, 1.54) is 29.2 Å². The van der Waals surface area contributed by atoms with E-state index in [2.05, 4.69) is 10.1 Å². The Balaban J connectivity index is 2.64. The SMILES string of the molecule is CCN(CC(C)(C)O)C(=O)Nc1ccc(OC(F)F)cc1. The molecular weight excluding hydrogens is 282 g/mol. The zero-order valence-electron chi connectivity index (χ0n) is 12.3. The second-order valence-electron chi connectivity index (χ2n) is 5.16. The zero-order chi connectivity index (χ0) is 16.0. The van der Waals surface area contributed by atoms with E-state index in [-0.39, 0.29) is 18.3 Å². The average Bonchev–Trinajstić information content (AvgIpc) is 2.36. The molecule has 0 aliphatic heterocycles. The van der Waals surface area contributed by atoms with Crippen molar-refractivity contribution in [2.24, 2.45) is 0 Å². The molecule has 0 saturated carbocycles. The molecule has 0 aliphatic carbocycles. The van der Waals surface area contributed by atoms with E-state index in [0.29, 0.717) is 12.2 Å². The van der Waals surface area contributed by atoms with Gasteiger partial charge in [0, 0.05) is 12.2 Å².